The molecule has 2 aliphatic rings. The molecular formula is C22H30O3. The average molecular weight is 342 g/mol. The van der Waals surface area contributed by atoms with E-state index in [1.807, 2.05) is 0 Å². The predicted molar refractivity (Wildman–Crippen MR) is 98.6 cm³/mol. The Hall–Kier alpha value is -1.64. The molecule has 1 saturated carbocycles. The van der Waals surface area contributed by atoms with E-state index in [9.17, 15) is 9.59 Å². The summed E-state index contributed by atoms with van der Waals surface area (Å²) in [6.45, 7) is 9.57. The van der Waals surface area contributed by atoms with Crippen molar-refractivity contribution >= 4 is 12.4 Å². The zero-order chi connectivity index (χ0) is 18.2. The minimum Gasteiger partial charge on any atom is -0.395 e. The van der Waals surface area contributed by atoms with Crippen LogP contribution in [-0.4, -0.2) is 12.4 Å². The van der Waals surface area contributed by atoms with E-state index < -0.39 is 0 Å². The van der Waals surface area contributed by atoms with Gasteiger partial charge in [0.25, 0.3) is 0 Å². The van der Waals surface area contributed by atoms with Crippen molar-refractivity contribution in [2.45, 2.75) is 83.0 Å². The van der Waals surface area contributed by atoms with Gasteiger partial charge in [0.15, 0.2) is 0 Å². The van der Waals surface area contributed by atoms with Gasteiger partial charge in [-0.3, -0.25) is 9.59 Å². The van der Waals surface area contributed by atoms with Crippen LogP contribution >= 0.6 is 0 Å². The Kier molecular flexibility index (Phi) is 4.78. The van der Waals surface area contributed by atoms with Crippen molar-refractivity contribution in [1.82, 2.24) is 0 Å². The molecule has 1 fully saturated rings. The second kappa shape index (κ2) is 6.59. The van der Waals surface area contributed by atoms with Gasteiger partial charge in [0, 0.05) is 0 Å². The number of hydrogen-bond acceptors (Lipinski definition) is 3. The molecule has 2 unspecified atom stereocenters. The number of esters is 1. The molecule has 0 aliphatic heterocycles. The molecule has 0 spiro atoms. The monoisotopic (exact) mass is 342 g/mol. The molecule has 0 N–H and O–H groups in total. The van der Waals surface area contributed by atoms with Gasteiger partial charge < -0.3 is 4.74 Å². The number of carbonyl (C=O) groups excluding carboxylic acids is 2. The molecule has 0 aromatic heterocycles. The van der Waals surface area contributed by atoms with Gasteiger partial charge in [-0.1, -0.05) is 58.7 Å². The molecule has 0 saturated heterocycles. The van der Waals surface area contributed by atoms with E-state index in [4.69, 9.17) is 4.74 Å². The fourth-order valence-corrected chi connectivity index (χ4v) is 4.78. The molecular weight excluding hydrogens is 312 g/mol. The van der Waals surface area contributed by atoms with Gasteiger partial charge >= 0.3 is 12.4 Å². The van der Waals surface area contributed by atoms with Crippen molar-refractivity contribution in [2.75, 3.05) is 0 Å². The molecule has 0 radical (unpaired) electrons. The van der Waals surface area contributed by atoms with E-state index in [1.165, 1.54) is 29.5 Å². The second-order valence-electron chi connectivity index (χ2n) is 9.10. The summed E-state index contributed by atoms with van der Waals surface area (Å²) in [5.74, 6) is -0.402. The van der Waals surface area contributed by atoms with Crippen LogP contribution in [0.4, 0.5) is 0 Å². The molecule has 0 amide bonds. The fourth-order valence-electron chi connectivity index (χ4n) is 4.78. The smallest absolute Gasteiger partial charge is 0.317 e. The summed E-state index contributed by atoms with van der Waals surface area (Å²) in [6.07, 6.45) is 6.33. The molecule has 2 atom stereocenters. The summed E-state index contributed by atoms with van der Waals surface area (Å²) >= 11 is 0. The highest BCUT2D eigenvalue weighted by atomic mass is 16.6. The fraction of sp³-hybridized carbons (Fsp3) is 0.636. The Morgan fingerprint density at radius 3 is 2.36 bits per heavy atom. The van der Waals surface area contributed by atoms with E-state index in [-0.39, 0.29) is 35.1 Å². The summed E-state index contributed by atoms with van der Waals surface area (Å²) in [6, 6.07) is 6.83. The van der Waals surface area contributed by atoms with E-state index in [1.54, 1.807) is 0 Å². The minimum absolute atomic E-state index is 0.160. The Morgan fingerprint density at radius 2 is 1.68 bits per heavy atom. The Labute approximate surface area is 151 Å². The van der Waals surface area contributed by atoms with Crippen LogP contribution in [0.5, 0.6) is 0 Å². The topological polar surface area (TPSA) is 43.4 Å². The number of fused-ring (bicyclic) bond motifs is 1. The van der Waals surface area contributed by atoms with Crippen molar-refractivity contribution in [3.63, 3.8) is 0 Å². The highest BCUT2D eigenvalue weighted by Crippen LogP contribution is 2.48. The number of hydrogen-bond donors (Lipinski definition) is 0. The van der Waals surface area contributed by atoms with Crippen molar-refractivity contribution in [1.29, 1.82) is 0 Å². The largest absolute Gasteiger partial charge is 0.395 e. The third-order valence-electron chi connectivity index (χ3n) is 6.54. The van der Waals surface area contributed by atoms with Crippen LogP contribution in [0.25, 0.3) is 0 Å². The highest BCUT2D eigenvalue weighted by Gasteiger charge is 2.39. The number of carbonyl (C=O) groups is 2. The molecule has 3 heteroatoms. The lowest BCUT2D eigenvalue weighted by atomic mass is 9.62. The van der Waals surface area contributed by atoms with Crippen LogP contribution in [0.15, 0.2) is 18.2 Å². The Balaban J connectivity index is 2.00. The first kappa shape index (κ1) is 18.2. The van der Waals surface area contributed by atoms with E-state index >= 15 is 0 Å². The van der Waals surface area contributed by atoms with Gasteiger partial charge in [0.2, 0.25) is 0 Å². The molecule has 3 rings (SSSR count). The Bertz CT molecular complexity index is 672. The first-order valence-corrected chi connectivity index (χ1v) is 9.55. The zero-order valence-corrected chi connectivity index (χ0v) is 15.9. The molecule has 1 aromatic carbocycles. The molecule has 25 heavy (non-hydrogen) atoms. The normalized spacial score (nSPS) is 27.2. The van der Waals surface area contributed by atoms with E-state index in [0.717, 1.165) is 25.7 Å². The zero-order valence-electron chi connectivity index (χ0n) is 15.9. The molecule has 2 aliphatic carbocycles. The van der Waals surface area contributed by atoms with Crippen LogP contribution in [-0.2, 0) is 25.2 Å². The van der Waals surface area contributed by atoms with Crippen molar-refractivity contribution < 1.29 is 14.3 Å². The van der Waals surface area contributed by atoms with Crippen molar-refractivity contribution in [2.24, 2.45) is 5.92 Å². The summed E-state index contributed by atoms with van der Waals surface area (Å²) in [7, 11) is 0. The van der Waals surface area contributed by atoms with Gasteiger partial charge in [0.1, 0.15) is 0 Å². The van der Waals surface area contributed by atoms with E-state index in [0.29, 0.717) is 0 Å². The summed E-state index contributed by atoms with van der Waals surface area (Å²) in [4.78, 5) is 22.9. The average Bonchev–Trinajstić information content (AvgIpc) is 2.59. The maximum Gasteiger partial charge on any atom is 0.317 e. The van der Waals surface area contributed by atoms with Gasteiger partial charge in [-0.2, -0.15) is 0 Å². The lowest BCUT2D eigenvalue weighted by Crippen LogP contribution is -2.34. The van der Waals surface area contributed by atoms with Gasteiger partial charge in [-0.25, -0.2) is 0 Å². The molecule has 1 aromatic rings. The first-order chi connectivity index (χ1) is 11.8. The third-order valence-corrected chi connectivity index (χ3v) is 6.54. The lowest BCUT2D eigenvalue weighted by molar-refractivity contribution is -0.156. The first-order valence-electron chi connectivity index (χ1n) is 9.55. The van der Waals surface area contributed by atoms with E-state index in [2.05, 4.69) is 45.9 Å². The van der Waals surface area contributed by atoms with Crippen LogP contribution in [0.1, 0.15) is 88.8 Å². The highest BCUT2D eigenvalue weighted by molar-refractivity contribution is 5.79. The third kappa shape index (κ3) is 3.38. The number of benzene rings is 1. The molecule has 3 nitrogen and oxygen atoms in total. The van der Waals surface area contributed by atoms with Crippen LogP contribution in [0.3, 0.4) is 0 Å². The minimum atomic E-state index is -0.364. The van der Waals surface area contributed by atoms with Crippen molar-refractivity contribution in [3.05, 3.63) is 34.9 Å². The summed E-state index contributed by atoms with van der Waals surface area (Å²) in [5.41, 5.74) is 4.46. The van der Waals surface area contributed by atoms with Gasteiger partial charge in [0.05, 0.1) is 5.92 Å². The SMILES string of the molecule is CC1(C)CCC(C)(C)c2cc(C3CCCCC3C(=O)OC=O)ccc21. The maximum absolute atomic E-state index is 12.2. The quantitative estimate of drug-likeness (QED) is 0.440. The van der Waals surface area contributed by atoms with Crippen LogP contribution < -0.4 is 0 Å². The van der Waals surface area contributed by atoms with Crippen molar-refractivity contribution in [3.8, 4) is 0 Å². The van der Waals surface area contributed by atoms with Crippen LogP contribution in [0, 0.1) is 5.92 Å². The van der Waals surface area contributed by atoms with Crippen LogP contribution in [0.2, 0.25) is 0 Å². The predicted octanol–water partition coefficient (Wildman–Crippen LogP) is 5.01. The maximum atomic E-state index is 12.2. The molecule has 0 heterocycles. The molecule has 0 bridgehead atoms. The van der Waals surface area contributed by atoms with Gasteiger partial charge in [-0.05, 0) is 59.1 Å². The lowest BCUT2D eigenvalue weighted by Gasteiger charge is -2.42. The number of ether oxygens (including phenoxy) is 1. The number of rotatable bonds is 3. The second-order valence-corrected chi connectivity index (χ2v) is 9.10. The Morgan fingerprint density at radius 1 is 1.04 bits per heavy atom. The molecule has 136 valence electrons. The standard InChI is InChI=1S/C22H30O3/c1-21(2)11-12-22(3,4)19-13-15(9-10-18(19)21)16-7-5-6-8-17(16)20(24)25-14-23/h9-10,13-14,16-17H,5-8,11-12H2,1-4H3. The van der Waals surface area contributed by atoms with Gasteiger partial charge in [-0.15, -0.1) is 0 Å². The summed E-state index contributed by atoms with van der Waals surface area (Å²) in [5, 5.41) is 0. The summed E-state index contributed by atoms with van der Waals surface area (Å²) < 4.78 is 4.70.